The van der Waals surface area contributed by atoms with E-state index in [0.29, 0.717) is 17.4 Å². The zero-order chi connectivity index (χ0) is 19.9. The number of rotatable bonds is 8. The van der Waals surface area contributed by atoms with Gasteiger partial charge in [-0.05, 0) is 23.3 Å². The summed E-state index contributed by atoms with van der Waals surface area (Å²) in [5.41, 5.74) is 4.05. The fourth-order valence-corrected chi connectivity index (χ4v) is 3.46. The van der Waals surface area contributed by atoms with Crippen LogP contribution in [0.1, 0.15) is 11.1 Å². The average molecular weight is 400 g/mol. The van der Waals surface area contributed by atoms with Crippen LogP contribution in [0, 0.1) is 0 Å². The Bertz CT molecular complexity index is 972. The second-order valence-electron chi connectivity index (χ2n) is 5.98. The Kier molecular flexibility index (Phi) is 6.41. The van der Waals surface area contributed by atoms with Crippen molar-refractivity contribution >= 4 is 38.5 Å². The molecule has 0 aliphatic heterocycles. The predicted octanol–water partition coefficient (Wildman–Crippen LogP) is 2.08. The largest absolute Gasteiger partial charge is 0.494 e. The maximum Gasteiger partial charge on any atom is 0.247 e. The summed E-state index contributed by atoms with van der Waals surface area (Å²) >= 11 is 1.46. The third kappa shape index (κ3) is 4.96. The number of nitrogens with zero attached hydrogens (tertiary/aromatic N) is 1. The van der Waals surface area contributed by atoms with Crippen LogP contribution in [0.3, 0.4) is 0 Å². The van der Waals surface area contributed by atoms with Crippen molar-refractivity contribution in [3.05, 3.63) is 53.6 Å². The molecule has 1 heterocycles. The van der Waals surface area contributed by atoms with E-state index in [1.165, 1.54) is 11.3 Å². The van der Waals surface area contributed by atoms with E-state index in [4.69, 9.17) is 9.94 Å². The minimum absolute atomic E-state index is 0.0972. The lowest BCUT2D eigenvalue weighted by molar-refractivity contribution is -0.128. The molecule has 0 radical (unpaired) electrons. The van der Waals surface area contributed by atoms with Crippen LogP contribution in [0.2, 0.25) is 0 Å². The predicted molar refractivity (Wildman–Crippen MR) is 107 cm³/mol. The standard InChI is InChI=1S/C19H20N4O4S/c1-27-14-3-2-4-15-18(14)22-19(28-15)21-11-17(25)20-10-13-7-5-12(6-8-13)9-16(24)23-26/h2-8,26H,9-11H2,1H3,(H,20,25)(H,21,22)(H,23,24). The molecular weight excluding hydrogens is 380 g/mol. The molecule has 3 rings (SSSR count). The number of methoxy groups -OCH3 is 1. The molecule has 2 amide bonds. The van der Waals surface area contributed by atoms with E-state index in [1.54, 1.807) is 24.7 Å². The highest BCUT2D eigenvalue weighted by Gasteiger charge is 2.09. The third-order valence-electron chi connectivity index (χ3n) is 4.00. The highest BCUT2D eigenvalue weighted by molar-refractivity contribution is 7.22. The summed E-state index contributed by atoms with van der Waals surface area (Å²) in [5, 5.41) is 15.0. The van der Waals surface area contributed by atoms with Gasteiger partial charge in [0, 0.05) is 6.54 Å². The molecular formula is C19H20N4O4S. The van der Waals surface area contributed by atoms with Gasteiger partial charge >= 0.3 is 0 Å². The molecule has 3 aromatic rings. The van der Waals surface area contributed by atoms with Crippen molar-refractivity contribution in [1.82, 2.24) is 15.8 Å². The second kappa shape index (κ2) is 9.16. The van der Waals surface area contributed by atoms with Crippen molar-refractivity contribution in [2.24, 2.45) is 0 Å². The topological polar surface area (TPSA) is 113 Å². The second-order valence-corrected chi connectivity index (χ2v) is 7.02. The number of hydroxylamine groups is 1. The number of benzene rings is 2. The van der Waals surface area contributed by atoms with Crippen molar-refractivity contribution in [3.63, 3.8) is 0 Å². The molecule has 0 spiro atoms. The van der Waals surface area contributed by atoms with Crippen molar-refractivity contribution in [3.8, 4) is 5.75 Å². The SMILES string of the molecule is COc1cccc2sc(NCC(=O)NCc3ccc(CC(=O)NO)cc3)nc12. The molecule has 0 bridgehead atoms. The number of hydrogen-bond donors (Lipinski definition) is 4. The molecule has 0 saturated heterocycles. The summed E-state index contributed by atoms with van der Waals surface area (Å²) in [5.74, 6) is 0.0701. The zero-order valence-electron chi connectivity index (χ0n) is 15.2. The van der Waals surface area contributed by atoms with Gasteiger partial charge in [0.15, 0.2) is 5.13 Å². The molecule has 9 heteroatoms. The van der Waals surface area contributed by atoms with Crippen molar-refractivity contribution in [2.75, 3.05) is 19.0 Å². The first-order valence-corrected chi connectivity index (χ1v) is 9.35. The third-order valence-corrected chi connectivity index (χ3v) is 4.98. The Labute approximate surface area is 165 Å². The van der Waals surface area contributed by atoms with Gasteiger partial charge in [-0.1, -0.05) is 41.7 Å². The fraction of sp³-hybridized carbons (Fsp3) is 0.211. The van der Waals surface area contributed by atoms with Crippen LogP contribution >= 0.6 is 11.3 Å². The molecule has 4 N–H and O–H groups in total. The van der Waals surface area contributed by atoms with Crippen LogP contribution in [0.25, 0.3) is 10.2 Å². The molecule has 1 aromatic heterocycles. The van der Waals surface area contributed by atoms with E-state index in [0.717, 1.165) is 21.3 Å². The van der Waals surface area contributed by atoms with Gasteiger partial charge in [0.2, 0.25) is 11.8 Å². The number of aromatic nitrogens is 1. The van der Waals surface area contributed by atoms with E-state index in [2.05, 4.69) is 15.6 Å². The van der Waals surface area contributed by atoms with Crippen LogP contribution in [-0.2, 0) is 22.6 Å². The van der Waals surface area contributed by atoms with Gasteiger partial charge in [-0.15, -0.1) is 0 Å². The lowest BCUT2D eigenvalue weighted by atomic mass is 10.1. The van der Waals surface area contributed by atoms with Crippen LogP contribution < -0.4 is 20.9 Å². The van der Waals surface area contributed by atoms with E-state index in [-0.39, 0.29) is 18.9 Å². The number of amides is 2. The number of anilines is 1. The van der Waals surface area contributed by atoms with Crippen molar-refractivity contribution in [1.29, 1.82) is 0 Å². The van der Waals surface area contributed by atoms with Crippen LogP contribution in [0.15, 0.2) is 42.5 Å². The molecule has 0 atom stereocenters. The van der Waals surface area contributed by atoms with Crippen LogP contribution in [0.4, 0.5) is 5.13 Å². The highest BCUT2D eigenvalue weighted by atomic mass is 32.1. The lowest BCUT2D eigenvalue weighted by Crippen LogP contribution is -2.29. The number of ether oxygens (including phenoxy) is 1. The van der Waals surface area contributed by atoms with E-state index in [9.17, 15) is 9.59 Å². The Balaban J connectivity index is 1.49. The Morgan fingerprint density at radius 2 is 1.86 bits per heavy atom. The van der Waals surface area contributed by atoms with E-state index < -0.39 is 5.91 Å². The van der Waals surface area contributed by atoms with Crippen molar-refractivity contribution < 1.29 is 19.5 Å². The molecule has 2 aromatic carbocycles. The summed E-state index contributed by atoms with van der Waals surface area (Å²) in [6, 6.07) is 12.9. The number of carbonyl (C=O) groups is 2. The highest BCUT2D eigenvalue weighted by Crippen LogP contribution is 2.31. The summed E-state index contributed by atoms with van der Waals surface area (Å²) in [6.07, 6.45) is 0.0972. The maximum atomic E-state index is 12.1. The molecule has 0 unspecified atom stereocenters. The minimum Gasteiger partial charge on any atom is -0.494 e. The van der Waals surface area contributed by atoms with Gasteiger partial charge in [0.25, 0.3) is 0 Å². The van der Waals surface area contributed by atoms with Gasteiger partial charge in [-0.3, -0.25) is 14.8 Å². The smallest absolute Gasteiger partial charge is 0.247 e. The van der Waals surface area contributed by atoms with Gasteiger partial charge in [0.05, 0.1) is 24.8 Å². The quantitative estimate of drug-likeness (QED) is 0.340. The molecule has 0 fully saturated rings. The average Bonchev–Trinajstić information content (AvgIpc) is 3.14. The fourth-order valence-electron chi connectivity index (χ4n) is 2.58. The zero-order valence-corrected chi connectivity index (χ0v) is 16.0. The molecule has 0 aliphatic carbocycles. The molecule has 146 valence electrons. The Morgan fingerprint density at radius 1 is 1.11 bits per heavy atom. The first kappa shape index (κ1) is 19.6. The normalized spacial score (nSPS) is 10.5. The van der Waals surface area contributed by atoms with Crippen LogP contribution in [-0.4, -0.2) is 35.7 Å². The lowest BCUT2D eigenvalue weighted by Gasteiger charge is -2.07. The minimum atomic E-state index is -0.473. The Hall–Kier alpha value is -3.17. The van der Waals surface area contributed by atoms with Gasteiger partial charge < -0.3 is 15.4 Å². The Morgan fingerprint density at radius 3 is 2.57 bits per heavy atom. The number of nitrogens with one attached hydrogen (secondary N) is 3. The van der Waals surface area contributed by atoms with E-state index >= 15 is 0 Å². The summed E-state index contributed by atoms with van der Waals surface area (Å²) in [4.78, 5) is 27.7. The monoisotopic (exact) mass is 400 g/mol. The number of carbonyl (C=O) groups excluding carboxylic acids is 2. The van der Waals surface area contributed by atoms with E-state index in [1.807, 2.05) is 30.3 Å². The first-order chi connectivity index (χ1) is 13.6. The van der Waals surface area contributed by atoms with Gasteiger partial charge in [-0.2, -0.15) is 0 Å². The summed E-state index contributed by atoms with van der Waals surface area (Å²) in [6.45, 7) is 0.484. The molecule has 0 aliphatic rings. The van der Waals surface area contributed by atoms with Crippen LogP contribution in [0.5, 0.6) is 5.75 Å². The maximum absolute atomic E-state index is 12.1. The van der Waals surface area contributed by atoms with Gasteiger partial charge in [0.1, 0.15) is 11.3 Å². The van der Waals surface area contributed by atoms with Gasteiger partial charge in [-0.25, -0.2) is 10.5 Å². The number of para-hydroxylation sites is 1. The molecule has 28 heavy (non-hydrogen) atoms. The summed E-state index contributed by atoms with van der Waals surface area (Å²) in [7, 11) is 1.60. The number of hydrogen-bond acceptors (Lipinski definition) is 7. The number of fused-ring (bicyclic) bond motifs is 1. The molecule has 0 saturated carbocycles. The first-order valence-electron chi connectivity index (χ1n) is 8.54. The molecule has 8 nitrogen and oxygen atoms in total. The van der Waals surface area contributed by atoms with Crippen molar-refractivity contribution in [2.45, 2.75) is 13.0 Å². The summed E-state index contributed by atoms with van der Waals surface area (Å²) < 4.78 is 6.28. The number of thiazole rings is 1.